The van der Waals surface area contributed by atoms with Crippen molar-refractivity contribution in [1.82, 2.24) is 9.78 Å². The van der Waals surface area contributed by atoms with Gasteiger partial charge in [0.2, 0.25) is 11.8 Å². The van der Waals surface area contributed by atoms with Crippen molar-refractivity contribution in [3.8, 4) is 11.6 Å². The molecule has 0 fully saturated rings. The van der Waals surface area contributed by atoms with Crippen molar-refractivity contribution < 1.29 is 40.6 Å². The number of aromatic hydroxyl groups is 1. The van der Waals surface area contributed by atoms with E-state index in [1.807, 2.05) is 0 Å². The van der Waals surface area contributed by atoms with Gasteiger partial charge in [-0.25, -0.2) is 4.68 Å². The number of hydrazone groups is 1. The molecule has 0 atom stereocenters. The maximum atomic E-state index is 13.0. The summed E-state index contributed by atoms with van der Waals surface area (Å²) in [5.41, 5.74) is 1.13. The summed E-state index contributed by atoms with van der Waals surface area (Å²) >= 11 is 0. The van der Waals surface area contributed by atoms with Crippen LogP contribution < -0.4 is 5.01 Å². The van der Waals surface area contributed by atoms with Crippen LogP contribution in [0.3, 0.4) is 0 Å². The second-order valence-electron chi connectivity index (χ2n) is 8.05. The average Bonchev–Trinajstić information content (AvgIpc) is 3.42. The first-order chi connectivity index (χ1) is 18.9. The molecule has 3 N–H and O–H groups in total. The third kappa shape index (κ3) is 6.18. The molecule has 1 aliphatic heterocycles. The maximum absolute atomic E-state index is 13.0. The van der Waals surface area contributed by atoms with Crippen LogP contribution in [0.5, 0.6) is 5.88 Å². The maximum Gasteiger partial charge on any atom is 0.294 e. The van der Waals surface area contributed by atoms with E-state index in [1.165, 1.54) is 53.4 Å². The van der Waals surface area contributed by atoms with E-state index in [9.17, 15) is 26.7 Å². The summed E-state index contributed by atoms with van der Waals surface area (Å²) in [4.78, 5) is 12.4. The molecular formula is C25H22N4O9S2. The van der Waals surface area contributed by atoms with E-state index in [1.54, 1.807) is 31.2 Å². The van der Waals surface area contributed by atoms with Crippen LogP contribution in [0.25, 0.3) is 11.8 Å². The van der Waals surface area contributed by atoms with E-state index in [4.69, 9.17) is 13.8 Å². The van der Waals surface area contributed by atoms with Crippen LogP contribution in [-0.4, -0.2) is 59.2 Å². The van der Waals surface area contributed by atoms with Gasteiger partial charge in [0.15, 0.2) is 0 Å². The zero-order valence-corrected chi connectivity index (χ0v) is 22.3. The molecule has 40 heavy (non-hydrogen) atoms. The predicted octanol–water partition coefficient (Wildman–Crippen LogP) is 2.96. The highest BCUT2D eigenvalue weighted by molar-refractivity contribution is 7.86. The summed E-state index contributed by atoms with van der Waals surface area (Å²) < 4.78 is 69.8. The topological polar surface area (TPSA) is 189 Å². The number of anilines is 1. The smallest absolute Gasteiger partial charge is 0.294 e. The third-order valence-corrected chi connectivity index (χ3v) is 7.15. The van der Waals surface area contributed by atoms with Crippen LogP contribution in [0.2, 0.25) is 0 Å². The SMILES string of the molecule is CCOC1=NN(c2ccc(S(=O)(=O)O)cc2)C(=O)C1=CC=CC=Cc1cnn(-c2ccc(S(=O)(=O)O)cc2)c1O. The zero-order chi connectivity index (χ0) is 29.1. The number of ether oxygens (including phenoxy) is 1. The van der Waals surface area contributed by atoms with E-state index in [0.29, 0.717) is 11.3 Å². The van der Waals surface area contributed by atoms with Gasteiger partial charge in [-0.3, -0.25) is 13.9 Å². The number of hydrogen-bond acceptors (Lipinski definition) is 9. The second-order valence-corrected chi connectivity index (χ2v) is 10.9. The standard InChI is InChI=1S/C25H22N4O9S2/c1-2-38-23-22(25(31)29(27-23)19-10-14-21(15-11-19)40(35,36)37)7-5-3-4-6-17-16-26-28(24(17)30)18-8-12-20(13-9-18)39(32,33)34/h3-16,30H,2H2,1H3,(H,32,33,34)(H,35,36,37). The van der Waals surface area contributed by atoms with Crippen LogP contribution in [0.4, 0.5) is 5.69 Å². The first-order valence-corrected chi connectivity index (χ1v) is 14.3. The Labute approximate surface area is 229 Å². The van der Waals surface area contributed by atoms with E-state index in [-0.39, 0.29) is 39.4 Å². The molecule has 0 aliphatic carbocycles. The van der Waals surface area contributed by atoms with Gasteiger partial charge in [-0.15, -0.1) is 5.10 Å². The highest BCUT2D eigenvalue weighted by Gasteiger charge is 2.32. The number of hydrogen-bond donors (Lipinski definition) is 3. The quantitative estimate of drug-likeness (QED) is 0.201. The highest BCUT2D eigenvalue weighted by Crippen LogP contribution is 2.26. The van der Waals surface area contributed by atoms with Gasteiger partial charge < -0.3 is 9.84 Å². The summed E-state index contributed by atoms with van der Waals surface area (Å²) in [6.07, 6.45) is 9.15. The van der Waals surface area contributed by atoms with E-state index >= 15 is 0 Å². The molecule has 1 aromatic heterocycles. The van der Waals surface area contributed by atoms with Crippen LogP contribution in [0.15, 0.2) is 99.5 Å². The van der Waals surface area contributed by atoms with Gasteiger partial charge >= 0.3 is 0 Å². The first kappa shape index (κ1) is 28.4. The van der Waals surface area contributed by atoms with Crippen LogP contribution in [0, 0.1) is 0 Å². The Kier molecular flexibility index (Phi) is 8.01. The second kappa shape index (κ2) is 11.3. The number of nitrogens with zero attached hydrogens (tertiary/aromatic N) is 4. The molecule has 0 spiro atoms. The Bertz CT molecular complexity index is 1770. The number of amides is 1. The minimum atomic E-state index is -4.39. The fourth-order valence-electron chi connectivity index (χ4n) is 3.51. The molecule has 0 unspecified atom stereocenters. The lowest BCUT2D eigenvalue weighted by Gasteiger charge is -2.11. The van der Waals surface area contributed by atoms with Crippen molar-refractivity contribution in [2.24, 2.45) is 5.10 Å². The molecule has 13 nitrogen and oxygen atoms in total. The first-order valence-electron chi connectivity index (χ1n) is 11.4. The number of carbonyl (C=O) groups excluding carboxylic acids is 1. The number of allylic oxidation sites excluding steroid dienone is 4. The third-order valence-electron chi connectivity index (χ3n) is 5.42. The lowest BCUT2D eigenvalue weighted by Crippen LogP contribution is -2.21. The Morgan fingerprint density at radius 1 is 0.875 bits per heavy atom. The largest absolute Gasteiger partial charge is 0.493 e. The highest BCUT2D eigenvalue weighted by atomic mass is 32.2. The van der Waals surface area contributed by atoms with Crippen molar-refractivity contribution in [2.45, 2.75) is 16.7 Å². The summed E-state index contributed by atoms with van der Waals surface area (Å²) in [7, 11) is -8.73. The van der Waals surface area contributed by atoms with Gasteiger partial charge in [0, 0.05) is 0 Å². The molecule has 4 rings (SSSR count). The fourth-order valence-corrected chi connectivity index (χ4v) is 4.47. The fraction of sp³-hybridized carbons (Fsp3) is 0.0800. The van der Waals surface area contributed by atoms with Gasteiger partial charge in [0.1, 0.15) is 5.57 Å². The molecule has 3 aromatic rings. The Morgan fingerprint density at radius 2 is 1.45 bits per heavy atom. The van der Waals surface area contributed by atoms with E-state index in [0.717, 1.165) is 17.1 Å². The monoisotopic (exact) mass is 586 g/mol. The molecule has 0 saturated heterocycles. The van der Waals surface area contributed by atoms with Crippen molar-refractivity contribution in [1.29, 1.82) is 0 Å². The molecule has 2 heterocycles. The van der Waals surface area contributed by atoms with E-state index in [2.05, 4.69) is 10.2 Å². The lowest BCUT2D eigenvalue weighted by molar-refractivity contribution is -0.114. The van der Waals surface area contributed by atoms with Crippen LogP contribution >= 0.6 is 0 Å². The minimum absolute atomic E-state index is 0.0684. The van der Waals surface area contributed by atoms with Crippen LogP contribution in [-0.2, 0) is 29.8 Å². The normalized spacial score (nSPS) is 15.5. The summed E-state index contributed by atoms with van der Waals surface area (Å²) in [6.45, 7) is 1.96. The van der Waals surface area contributed by atoms with Crippen LogP contribution in [0.1, 0.15) is 12.5 Å². The molecule has 0 saturated carbocycles. The zero-order valence-electron chi connectivity index (χ0n) is 20.7. The molecule has 0 radical (unpaired) electrons. The molecule has 15 heteroatoms. The minimum Gasteiger partial charge on any atom is -0.493 e. The molecule has 208 valence electrons. The molecule has 1 aliphatic rings. The molecule has 2 aromatic carbocycles. The van der Waals surface area contributed by atoms with Crippen molar-refractivity contribution in [3.05, 3.63) is 90.2 Å². The van der Waals surface area contributed by atoms with Gasteiger partial charge in [0.25, 0.3) is 26.1 Å². The lowest BCUT2D eigenvalue weighted by atomic mass is 10.2. The predicted molar refractivity (Wildman–Crippen MR) is 144 cm³/mol. The van der Waals surface area contributed by atoms with Gasteiger partial charge in [-0.05, 0) is 67.6 Å². The van der Waals surface area contributed by atoms with Crippen molar-refractivity contribution in [2.75, 3.05) is 11.6 Å². The number of rotatable bonds is 8. The van der Waals surface area contributed by atoms with Gasteiger partial charge in [-0.2, -0.15) is 26.9 Å². The average molecular weight is 587 g/mol. The molecule has 0 bridgehead atoms. The Balaban J connectivity index is 1.48. The summed E-state index contributed by atoms with van der Waals surface area (Å²) in [5, 5.41) is 19.8. The van der Waals surface area contributed by atoms with Gasteiger partial charge in [-0.1, -0.05) is 18.2 Å². The molecule has 1 amide bonds. The number of benzene rings is 2. The van der Waals surface area contributed by atoms with Crippen molar-refractivity contribution >= 4 is 43.8 Å². The summed E-state index contributed by atoms with van der Waals surface area (Å²) in [5.74, 6) is -0.662. The Hall–Kier alpha value is -4.57. The van der Waals surface area contributed by atoms with Crippen molar-refractivity contribution in [3.63, 3.8) is 0 Å². The Morgan fingerprint density at radius 3 is 2.00 bits per heavy atom. The van der Waals surface area contributed by atoms with Gasteiger partial charge in [0.05, 0.1) is 39.5 Å². The molecular weight excluding hydrogens is 564 g/mol. The summed E-state index contributed by atoms with van der Waals surface area (Å²) in [6, 6.07) is 10.0. The number of carbonyl (C=O) groups is 1. The van der Waals surface area contributed by atoms with E-state index < -0.39 is 26.1 Å². The number of aromatic nitrogens is 2.